The van der Waals surface area contributed by atoms with Crippen molar-refractivity contribution >= 4 is 23.5 Å². The van der Waals surface area contributed by atoms with Crippen molar-refractivity contribution < 1.29 is 28.6 Å². The number of nitrogens with zero attached hydrogens (tertiary/aromatic N) is 1. The molecule has 1 aromatic carbocycles. The largest absolute Gasteiger partial charge is 0.454 e. The molecule has 2 N–H and O–H groups in total. The van der Waals surface area contributed by atoms with Crippen LogP contribution in [0.2, 0.25) is 0 Å². The highest BCUT2D eigenvalue weighted by Crippen LogP contribution is 2.34. The molecule has 0 spiro atoms. The van der Waals surface area contributed by atoms with Crippen molar-refractivity contribution in [1.82, 2.24) is 10.2 Å². The van der Waals surface area contributed by atoms with Crippen molar-refractivity contribution in [2.45, 2.75) is 12.8 Å². The van der Waals surface area contributed by atoms with E-state index in [0.717, 1.165) is 0 Å². The summed E-state index contributed by atoms with van der Waals surface area (Å²) < 4.78 is 15.8. The van der Waals surface area contributed by atoms with Gasteiger partial charge in [0.2, 0.25) is 18.6 Å². The van der Waals surface area contributed by atoms with Gasteiger partial charge >= 0.3 is 6.03 Å². The van der Waals surface area contributed by atoms with Gasteiger partial charge in [0.1, 0.15) is 0 Å². The van der Waals surface area contributed by atoms with Gasteiger partial charge in [0, 0.05) is 31.1 Å². The Morgan fingerprint density at radius 2 is 1.88 bits per heavy atom. The average molecular weight is 349 g/mol. The predicted molar refractivity (Wildman–Crippen MR) is 86.4 cm³/mol. The molecule has 0 saturated carbocycles. The number of ether oxygens (including phenoxy) is 3. The molecule has 0 radical (unpaired) electrons. The number of carbonyl (C=O) groups is 3. The van der Waals surface area contributed by atoms with Crippen LogP contribution in [0.1, 0.15) is 12.8 Å². The van der Waals surface area contributed by atoms with Gasteiger partial charge in [-0.1, -0.05) is 0 Å². The van der Waals surface area contributed by atoms with Gasteiger partial charge in [0.15, 0.2) is 11.5 Å². The summed E-state index contributed by atoms with van der Waals surface area (Å²) >= 11 is 0. The summed E-state index contributed by atoms with van der Waals surface area (Å²) in [6.07, 6.45) is 0.556. The Balaban J connectivity index is 1.29. The molecule has 2 aliphatic rings. The third-order valence-electron chi connectivity index (χ3n) is 3.78. The first-order chi connectivity index (χ1) is 12.1. The second-order valence-corrected chi connectivity index (χ2v) is 5.50. The van der Waals surface area contributed by atoms with E-state index in [9.17, 15) is 14.4 Å². The minimum atomic E-state index is -0.368. The van der Waals surface area contributed by atoms with Crippen molar-refractivity contribution in [2.75, 3.05) is 38.4 Å². The lowest BCUT2D eigenvalue weighted by molar-refractivity contribution is -0.139. The van der Waals surface area contributed by atoms with E-state index in [1.807, 2.05) is 0 Å². The van der Waals surface area contributed by atoms with Gasteiger partial charge in [-0.05, 0) is 12.1 Å². The maximum atomic E-state index is 11.8. The molecule has 9 heteroatoms. The van der Waals surface area contributed by atoms with Crippen LogP contribution in [0.25, 0.3) is 0 Å². The molecule has 0 aromatic heterocycles. The zero-order valence-electron chi connectivity index (χ0n) is 13.6. The summed E-state index contributed by atoms with van der Waals surface area (Å²) in [6, 6.07) is 4.75. The normalized spacial score (nSPS) is 15.6. The van der Waals surface area contributed by atoms with Crippen LogP contribution in [-0.2, 0) is 14.3 Å². The number of rotatable bonds is 7. The molecular formula is C16H19N3O6. The Hall–Kier alpha value is -2.81. The molecule has 2 heterocycles. The fraction of sp³-hybridized carbons (Fsp3) is 0.438. The third kappa shape index (κ3) is 4.38. The SMILES string of the molecule is O=C(NCCOCCN1C(=O)CCC1=O)Nc1ccc2c(c1)OCO2. The summed E-state index contributed by atoms with van der Waals surface area (Å²) in [6.45, 7) is 1.27. The number of benzene rings is 1. The van der Waals surface area contributed by atoms with Crippen molar-refractivity contribution in [2.24, 2.45) is 0 Å². The highest BCUT2D eigenvalue weighted by Gasteiger charge is 2.28. The molecule has 134 valence electrons. The van der Waals surface area contributed by atoms with Crippen molar-refractivity contribution in [3.63, 3.8) is 0 Å². The first-order valence-electron chi connectivity index (χ1n) is 7.99. The van der Waals surface area contributed by atoms with Crippen LogP contribution in [0.4, 0.5) is 10.5 Å². The standard InChI is InChI=1S/C16H19N3O6/c20-14-3-4-15(21)19(14)6-8-23-7-5-17-16(22)18-11-1-2-12-13(9-11)25-10-24-12/h1-2,9H,3-8,10H2,(H2,17,18,22). The number of amides is 4. The topological polar surface area (TPSA) is 106 Å². The van der Waals surface area contributed by atoms with Crippen LogP contribution in [-0.4, -0.2) is 55.8 Å². The van der Waals surface area contributed by atoms with Crippen LogP contribution in [0.15, 0.2) is 18.2 Å². The van der Waals surface area contributed by atoms with Crippen LogP contribution < -0.4 is 20.1 Å². The number of hydrogen-bond acceptors (Lipinski definition) is 6. The minimum Gasteiger partial charge on any atom is -0.454 e. The highest BCUT2D eigenvalue weighted by molar-refractivity contribution is 6.01. The fourth-order valence-electron chi connectivity index (χ4n) is 2.52. The van der Waals surface area contributed by atoms with Gasteiger partial charge in [-0.15, -0.1) is 0 Å². The molecule has 1 aromatic rings. The van der Waals surface area contributed by atoms with Crippen LogP contribution in [0.5, 0.6) is 11.5 Å². The van der Waals surface area contributed by atoms with Crippen molar-refractivity contribution in [1.29, 1.82) is 0 Å². The number of anilines is 1. The van der Waals surface area contributed by atoms with Gasteiger partial charge in [-0.2, -0.15) is 0 Å². The first-order valence-corrected chi connectivity index (χ1v) is 7.99. The van der Waals surface area contributed by atoms with Gasteiger partial charge in [0.05, 0.1) is 19.8 Å². The number of likely N-dealkylation sites (tertiary alicyclic amines) is 1. The van der Waals surface area contributed by atoms with Gasteiger partial charge in [0.25, 0.3) is 0 Å². The van der Waals surface area contributed by atoms with Crippen LogP contribution >= 0.6 is 0 Å². The smallest absolute Gasteiger partial charge is 0.319 e. The van der Waals surface area contributed by atoms with E-state index < -0.39 is 0 Å². The summed E-state index contributed by atoms with van der Waals surface area (Å²) in [5.41, 5.74) is 0.591. The van der Waals surface area contributed by atoms with Crippen LogP contribution in [0, 0.1) is 0 Å². The Morgan fingerprint density at radius 3 is 2.68 bits per heavy atom. The number of hydrogen-bond donors (Lipinski definition) is 2. The summed E-state index contributed by atoms with van der Waals surface area (Å²) in [5.74, 6) is 0.922. The number of fused-ring (bicyclic) bond motifs is 1. The molecule has 3 rings (SSSR count). The molecule has 2 aliphatic heterocycles. The molecular weight excluding hydrogens is 330 g/mol. The second-order valence-electron chi connectivity index (χ2n) is 5.50. The molecule has 0 aliphatic carbocycles. The maximum absolute atomic E-state index is 11.8. The quantitative estimate of drug-likeness (QED) is 0.554. The summed E-state index contributed by atoms with van der Waals surface area (Å²) in [5, 5.41) is 5.33. The number of nitrogens with one attached hydrogen (secondary N) is 2. The molecule has 1 fully saturated rings. The lowest BCUT2D eigenvalue weighted by atomic mass is 10.3. The summed E-state index contributed by atoms with van der Waals surface area (Å²) in [4.78, 5) is 35.8. The number of imide groups is 1. The Bertz CT molecular complexity index is 662. The van der Waals surface area contributed by atoms with E-state index in [1.165, 1.54) is 4.90 Å². The maximum Gasteiger partial charge on any atom is 0.319 e. The minimum absolute atomic E-state index is 0.158. The number of carbonyl (C=O) groups excluding carboxylic acids is 3. The van der Waals surface area contributed by atoms with E-state index >= 15 is 0 Å². The zero-order chi connectivity index (χ0) is 17.6. The van der Waals surface area contributed by atoms with E-state index in [4.69, 9.17) is 14.2 Å². The van der Waals surface area contributed by atoms with Crippen LogP contribution in [0.3, 0.4) is 0 Å². The molecule has 25 heavy (non-hydrogen) atoms. The van der Waals surface area contributed by atoms with Gasteiger partial charge in [-0.3, -0.25) is 14.5 Å². The molecule has 1 saturated heterocycles. The summed E-state index contributed by atoms with van der Waals surface area (Å²) in [7, 11) is 0. The van der Waals surface area contributed by atoms with Gasteiger partial charge < -0.3 is 24.8 Å². The van der Waals surface area contributed by atoms with E-state index in [0.29, 0.717) is 23.7 Å². The molecule has 0 bridgehead atoms. The Morgan fingerprint density at radius 1 is 1.12 bits per heavy atom. The lowest BCUT2D eigenvalue weighted by Gasteiger charge is -2.13. The second kappa shape index (κ2) is 7.84. The van der Waals surface area contributed by atoms with E-state index in [1.54, 1.807) is 18.2 Å². The lowest BCUT2D eigenvalue weighted by Crippen LogP contribution is -2.34. The molecule has 0 unspecified atom stereocenters. The Kier molecular flexibility index (Phi) is 5.34. The van der Waals surface area contributed by atoms with E-state index in [-0.39, 0.29) is 57.2 Å². The number of urea groups is 1. The molecule has 0 atom stereocenters. The monoisotopic (exact) mass is 349 g/mol. The Labute approximate surface area is 144 Å². The van der Waals surface area contributed by atoms with Gasteiger partial charge in [-0.25, -0.2) is 4.79 Å². The average Bonchev–Trinajstić information content (AvgIpc) is 3.18. The van der Waals surface area contributed by atoms with Crippen molar-refractivity contribution in [3.8, 4) is 11.5 Å². The third-order valence-corrected chi connectivity index (χ3v) is 3.78. The predicted octanol–water partition coefficient (Wildman–Crippen LogP) is 0.702. The first kappa shape index (κ1) is 17.0. The van der Waals surface area contributed by atoms with E-state index in [2.05, 4.69) is 10.6 Å². The molecule has 4 amide bonds. The molecule has 9 nitrogen and oxygen atoms in total. The highest BCUT2D eigenvalue weighted by atomic mass is 16.7. The van der Waals surface area contributed by atoms with Crippen molar-refractivity contribution in [3.05, 3.63) is 18.2 Å². The fourth-order valence-corrected chi connectivity index (χ4v) is 2.52. The zero-order valence-corrected chi connectivity index (χ0v) is 13.6.